The molecule has 0 spiro atoms. The zero-order valence-corrected chi connectivity index (χ0v) is 12.2. The maximum Gasteiger partial charge on any atom is 0.0797 e. The minimum absolute atomic E-state index is 0.687. The quantitative estimate of drug-likeness (QED) is 0.626. The van der Waals surface area contributed by atoms with Gasteiger partial charge in [-0.1, -0.05) is 0 Å². The van der Waals surface area contributed by atoms with E-state index < -0.39 is 0 Å². The van der Waals surface area contributed by atoms with Crippen LogP contribution in [-0.4, -0.2) is 45.0 Å². The first kappa shape index (κ1) is 15.6. The summed E-state index contributed by atoms with van der Waals surface area (Å²) in [7, 11) is 1.69. The van der Waals surface area contributed by atoms with Crippen LogP contribution >= 0.6 is 11.3 Å². The summed E-state index contributed by atoms with van der Waals surface area (Å²) in [5.74, 6) is 0. The molecule has 0 radical (unpaired) electrons. The summed E-state index contributed by atoms with van der Waals surface area (Å²) >= 11 is 1.75. The molecule has 0 aliphatic carbocycles. The van der Waals surface area contributed by atoms with Crippen molar-refractivity contribution in [2.24, 2.45) is 0 Å². The topological polar surface area (TPSA) is 43.4 Å². The number of nitrogens with zero attached hydrogens (tertiary/aromatic N) is 1. The van der Waals surface area contributed by atoms with Crippen molar-refractivity contribution < 1.29 is 9.47 Å². The standard InChI is InChI=1S/C13H24N2O2S/c1-12-13(18-11-15-12)5-7-14-6-3-4-8-17-10-9-16-2/h11,14H,3-10H2,1-2H3. The monoisotopic (exact) mass is 272 g/mol. The lowest BCUT2D eigenvalue weighted by Crippen LogP contribution is -2.19. The largest absolute Gasteiger partial charge is 0.382 e. The van der Waals surface area contributed by atoms with Gasteiger partial charge in [0, 0.05) is 25.1 Å². The number of rotatable bonds is 11. The van der Waals surface area contributed by atoms with Crippen LogP contribution < -0.4 is 5.32 Å². The number of hydrogen-bond donors (Lipinski definition) is 1. The van der Waals surface area contributed by atoms with Crippen molar-refractivity contribution in [1.82, 2.24) is 10.3 Å². The molecule has 0 saturated heterocycles. The Bertz CT molecular complexity index is 305. The molecule has 0 aromatic carbocycles. The van der Waals surface area contributed by atoms with Crippen molar-refractivity contribution in [3.63, 3.8) is 0 Å². The van der Waals surface area contributed by atoms with E-state index in [-0.39, 0.29) is 0 Å². The highest BCUT2D eigenvalue weighted by Gasteiger charge is 1.99. The Hall–Kier alpha value is -0.490. The van der Waals surface area contributed by atoms with E-state index in [1.807, 2.05) is 5.51 Å². The second-order valence-electron chi connectivity index (χ2n) is 4.17. The van der Waals surface area contributed by atoms with Crippen LogP contribution in [0.4, 0.5) is 0 Å². The summed E-state index contributed by atoms with van der Waals surface area (Å²) in [6.45, 7) is 6.39. The van der Waals surface area contributed by atoms with Crippen molar-refractivity contribution in [2.45, 2.75) is 26.2 Å². The molecule has 4 nitrogen and oxygen atoms in total. The molecule has 0 atom stereocenters. The molecular weight excluding hydrogens is 248 g/mol. The zero-order valence-electron chi connectivity index (χ0n) is 11.4. The van der Waals surface area contributed by atoms with Crippen LogP contribution in [0.25, 0.3) is 0 Å². The lowest BCUT2D eigenvalue weighted by molar-refractivity contribution is 0.0688. The number of ether oxygens (including phenoxy) is 2. The number of methoxy groups -OCH3 is 1. The van der Waals surface area contributed by atoms with Gasteiger partial charge in [0.2, 0.25) is 0 Å². The van der Waals surface area contributed by atoms with Gasteiger partial charge in [0.1, 0.15) is 0 Å². The lowest BCUT2D eigenvalue weighted by Gasteiger charge is -2.05. The Kier molecular flexibility index (Phi) is 9.02. The molecule has 5 heteroatoms. The number of aromatic nitrogens is 1. The summed E-state index contributed by atoms with van der Waals surface area (Å²) in [5.41, 5.74) is 3.09. The van der Waals surface area contributed by atoms with Crippen LogP contribution in [0, 0.1) is 6.92 Å². The molecule has 1 rings (SSSR count). The Morgan fingerprint density at radius 1 is 1.22 bits per heavy atom. The first-order chi connectivity index (χ1) is 8.84. The molecule has 0 aliphatic heterocycles. The number of nitrogens with one attached hydrogen (secondary N) is 1. The highest BCUT2D eigenvalue weighted by atomic mass is 32.1. The maximum atomic E-state index is 5.40. The summed E-state index contributed by atoms with van der Waals surface area (Å²) in [6, 6.07) is 0. The number of thiazole rings is 1. The third-order valence-electron chi connectivity index (χ3n) is 2.70. The van der Waals surface area contributed by atoms with Gasteiger partial charge >= 0.3 is 0 Å². The molecule has 0 bridgehead atoms. The molecule has 0 unspecified atom stereocenters. The summed E-state index contributed by atoms with van der Waals surface area (Å²) in [5, 5.41) is 3.45. The first-order valence-corrected chi connectivity index (χ1v) is 7.39. The van der Waals surface area contributed by atoms with Gasteiger partial charge in [-0.25, -0.2) is 4.98 Å². The van der Waals surface area contributed by atoms with E-state index in [1.165, 1.54) is 10.6 Å². The lowest BCUT2D eigenvalue weighted by atomic mass is 10.3. The molecule has 18 heavy (non-hydrogen) atoms. The average molecular weight is 272 g/mol. The van der Waals surface area contributed by atoms with Gasteiger partial charge in [0.05, 0.1) is 24.4 Å². The Balaban J connectivity index is 1.83. The van der Waals surface area contributed by atoms with Gasteiger partial charge in [-0.15, -0.1) is 11.3 Å². The van der Waals surface area contributed by atoms with Gasteiger partial charge in [-0.2, -0.15) is 0 Å². The maximum absolute atomic E-state index is 5.40. The van der Waals surface area contributed by atoms with Crippen molar-refractivity contribution in [3.05, 3.63) is 16.1 Å². The molecule has 1 N–H and O–H groups in total. The number of hydrogen-bond acceptors (Lipinski definition) is 5. The van der Waals surface area contributed by atoms with Crippen LogP contribution in [0.5, 0.6) is 0 Å². The highest BCUT2D eigenvalue weighted by Crippen LogP contribution is 2.11. The second-order valence-corrected chi connectivity index (χ2v) is 5.11. The molecule has 1 aromatic rings. The zero-order chi connectivity index (χ0) is 13.1. The molecule has 0 fully saturated rings. The minimum Gasteiger partial charge on any atom is -0.382 e. The third kappa shape index (κ3) is 7.06. The third-order valence-corrected chi connectivity index (χ3v) is 3.69. The molecule has 104 valence electrons. The van der Waals surface area contributed by atoms with Crippen LogP contribution in [0.15, 0.2) is 5.51 Å². The van der Waals surface area contributed by atoms with Gasteiger partial charge in [0.15, 0.2) is 0 Å². The van der Waals surface area contributed by atoms with Crippen molar-refractivity contribution in [2.75, 3.05) is 40.0 Å². The Labute approximate surface area is 114 Å². The van der Waals surface area contributed by atoms with Gasteiger partial charge < -0.3 is 14.8 Å². The van der Waals surface area contributed by atoms with E-state index in [0.29, 0.717) is 13.2 Å². The summed E-state index contributed by atoms with van der Waals surface area (Å²) in [4.78, 5) is 5.64. The fraction of sp³-hybridized carbons (Fsp3) is 0.769. The van der Waals surface area contributed by atoms with E-state index in [1.54, 1.807) is 18.4 Å². The van der Waals surface area contributed by atoms with E-state index >= 15 is 0 Å². The second kappa shape index (κ2) is 10.4. The number of unbranched alkanes of at least 4 members (excludes halogenated alkanes) is 1. The predicted octanol–water partition coefficient (Wildman–Crippen LogP) is 2.03. The van der Waals surface area contributed by atoms with Gasteiger partial charge in [-0.3, -0.25) is 0 Å². The highest BCUT2D eigenvalue weighted by molar-refractivity contribution is 7.09. The molecule has 0 amide bonds. The van der Waals surface area contributed by atoms with E-state index in [4.69, 9.17) is 9.47 Å². The summed E-state index contributed by atoms with van der Waals surface area (Å²) < 4.78 is 10.3. The Morgan fingerprint density at radius 2 is 2.11 bits per heavy atom. The Morgan fingerprint density at radius 3 is 2.83 bits per heavy atom. The fourth-order valence-electron chi connectivity index (χ4n) is 1.59. The fourth-order valence-corrected chi connectivity index (χ4v) is 2.37. The molecule has 1 aromatic heterocycles. The normalized spacial score (nSPS) is 11.0. The number of aryl methyl sites for hydroxylation is 1. The van der Waals surface area contributed by atoms with E-state index in [9.17, 15) is 0 Å². The van der Waals surface area contributed by atoms with Crippen LogP contribution in [-0.2, 0) is 15.9 Å². The van der Waals surface area contributed by atoms with E-state index in [2.05, 4.69) is 17.2 Å². The minimum atomic E-state index is 0.687. The van der Waals surface area contributed by atoms with Crippen molar-refractivity contribution in [1.29, 1.82) is 0 Å². The molecule has 1 heterocycles. The SMILES string of the molecule is COCCOCCCCNCCc1scnc1C. The first-order valence-electron chi connectivity index (χ1n) is 6.51. The van der Waals surface area contributed by atoms with E-state index in [0.717, 1.165) is 39.0 Å². The smallest absolute Gasteiger partial charge is 0.0797 e. The molecular formula is C13H24N2O2S. The summed E-state index contributed by atoms with van der Waals surface area (Å²) in [6.07, 6.45) is 3.35. The average Bonchev–Trinajstić information content (AvgIpc) is 2.77. The molecule has 0 saturated carbocycles. The van der Waals surface area contributed by atoms with Gasteiger partial charge in [0.25, 0.3) is 0 Å². The van der Waals surface area contributed by atoms with Crippen LogP contribution in [0.2, 0.25) is 0 Å². The van der Waals surface area contributed by atoms with Crippen LogP contribution in [0.3, 0.4) is 0 Å². The van der Waals surface area contributed by atoms with Crippen molar-refractivity contribution >= 4 is 11.3 Å². The van der Waals surface area contributed by atoms with Crippen LogP contribution in [0.1, 0.15) is 23.4 Å². The van der Waals surface area contributed by atoms with Gasteiger partial charge in [-0.05, 0) is 32.7 Å². The molecule has 0 aliphatic rings. The predicted molar refractivity (Wildman–Crippen MR) is 75.4 cm³/mol. The van der Waals surface area contributed by atoms with Crippen molar-refractivity contribution in [3.8, 4) is 0 Å².